The normalized spacial score (nSPS) is 20.4. The van der Waals surface area contributed by atoms with E-state index >= 15 is 0 Å². The first-order chi connectivity index (χ1) is 6.48. The van der Waals surface area contributed by atoms with Crippen LogP contribution in [-0.2, 0) is 9.84 Å². The van der Waals surface area contributed by atoms with Crippen LogP contribution in [0.5, 0.6) is 0 Å². The van der Waals surface area contributed by atoms with E-state index in [1.54, 1.807) is 12.3 Å². The maximum Gasteiger partial charge on any atom is 0.250 e. The Morgan fingerprint density at radius 2 is 2.00 bits per heavy atom. The number of nitrogens with zero attached hydrogens (tertiary/aromatic N) is 1. The van der Waals surface area contributed by atoms with Crippen molar-refractivity contribution in [3.8, 4) is 0 Å². The molecule has 0 atom stereocenters. The molecule has 0 saturated carbocycles. The molecule has 6 heteroatoms. The van der Waals surface area contributed by atoms with Gasteiger partial charge >= 0.3 is 0 Å². The lowest BCUT2D eigenvalue weighted by molar-refractivity contribution is 0.497. The van der Waals surface area contributed by atoms with Gasteiger partial charge in [-0.1, -0.05) is 0 Å². The number of halogens is 1. The van der Waals surface area contributed by atoms with Gasteiger partial charge in [-0.15, -0.1) is 0 Å². The van der Waals surface area contributed by atoms with Crippen LogP contribution in [0, 0.1) is 0 Å². The van der Waals surface area contributed by atoms with Crippen LogP contribution in [0.3, 0.4) is 0 Å². The quantitative estimate of drug-likeness (QED) is 0.755. The number of aromatic nitrogens is 1. The second kappa shape index (κ2) is 3.20. The van der Waals surface area contributed by atoms with Crippen molar-refractivity contribution in [1.29, 1.82) is 0 Å². The van der Waals surface area contributed by atoms with Crippen molar-refractivity contribution in [3.63, 3.8) is 0 Å². The average Bonchev–Trinajstić information content (AvgIpc) is 2.05. The van der Waals surface area contributed by atoms with Crippen molar-refractivity contribution < 1.29 is 8.42 Å². The number of pyridine rings is 1. The largest absolute Gasteiger partial charge is 0.309 e. The van der Waals surface area contributed by atoms with Crippen molar-refractivity contribution in [1.82, 2.24) is 4.57 Å². The lowest BCUT2D eigenvalue weighted by Crippen LogP contribution is -2.42. The third-order valence-electron chi connectivity index (χ3n) is 2.19. The second-order valence-electron chi connectivity index (χ2n) is 3.32. The van der Waals surface area contributed by atoms with Crippen LogP contribution in [0.1, 0.15) is 6.04 Å². The molecule has 0 amide bonds. The van der Waals surface area contributed by atoms with Crippen molar-refractivity contribution in [2.45, 2.75) is 6.04 Å². The summed E-state index contributed by atoms with van der Waals surface area (Å²) in [6, 6.07) is 2.88. The van der Waals surface area contributed by atoms with Crippen molar-refractivity contribution in [2.24, 2.45) is 0 Å². The maximum absolute atomic E-state index is 11.4. The highest BCUT2D eigenvalue weighted by Crippen LogP contribution is 2.22. The minimum atomic E-state index is -2.88. The van der Waals surface area contributed by atoms with E-state index in [9.17, 15) is 13.2 Å². The molecule has 1 fully saturated rings. The Morgan fingerprint density at radius 1 is 1.36 bits per heavy atom. The minimum Gasteiger partial charge on any atom is -0.309 e. The third-order valence-corrected chi connectivity index (χ3v) is 4.44. The highest BCUT2D eigenvalue weighted by atomic mass is 79.9. The van der Waals surface area contributed by atoms with E-state index < -0.39 is 9.84 Å². The smallest absolute Gasteiger partial charge is 0.250 e. The molecule has 2 heterocycles. The van der Waals surface area contributed by atoms with Crippen molar-refractivity contribution in [3.05, 3.63) is 33.2 Å². The number of rotatable bonds is 1. The number of sulfone groups is 1. The Labute approximate surface area is 89.6 Å². The first kappa shape index (κ1) is 9.92. The summed E-state index contributed by atoms with van der Waals surface area (Å²) in [4.78, 5) is 11.4. The van der Waals surface area contributed by atoms with Gasteiger partial charge in [0.25, 0.3) is 5.56 Å². The van der Waals surface area contributed by atoms with Gasteiger partial charge in [0, 0.05) is 16.7 Å². The van der Waals surface area contributed by atoms with Crippen LogP contribution in [0.2, 0.25) is 0 Å². The molecule has 0 unspecified atom stereocenters. The molecule has 0 aromatic carbocycles. The lowest BCUT2D eigenvalue weighted by Gasteiger charge is -2.27. The molecular formula is C8H8BrNO3S. The summed E-state index contributed by atoms with van der Waals surface area (Å²) in [5.74, 6) is 0.146. The van der Waals surface area contributed by atoms with Crippen LogP contribution in [0.25, 0.3) is 0 Å². The fourth-order valence-corrected chi connectivity index (χ4v) is 3.21. The van der Waals surface area contributed by atoms with Crippen LogP contribution >= 0.6 is 15.9 Å². The Balaban J connectivity index is 2.35. The summed E-state index contributed by atoms with van der Waals surface area (Å²) in [5.41, 5.74) is -0.159. The van der Waals surface area contributed by atoms with Gasteiger partial charge in [0.1, 0.15) is 0 Å². The van der Waals surface area contributed by atoms with E-state index in [4.69, 9.17) is 0 Å². The van der Waals surface area contributed by atoms with Crippen LogP contribution in [-0.4, -0.2) is 24.5 Å². The molecule has 0 spiro atoms. The molecule has 1 aliphatic heterocycles. The Kier molecular flexibility index (Phi) is 2.27. The predicted octanol–water partition coefficient (Wildman–Crippen LogP) is 0.580. The van der Waals surface area contributed by atoms with Gasteiger partial charge in [0.2, 0.25) is 0 Å². The molecule has 0 radical (unpaired) electrons. The Morgan fingerprint density at radius 3 is 2.57 bits per heavy atom. The summed E-state index contributed by atoms with van der Waals surface area (Å²) < 4.78 is 24.1. The lowest BCUT2D eigenvalue weighted by atomic mass is 10.3. The summed E-state index contributed by atoms with van der Waals surface area (Å²) in [6.45, 7) is 0. The van der Waals surface area contributed by atoms with E-state index in [0.29, 0.717) is 0 Å². The monoisotopic (exact) mass is 277 g/mol. The van der Waals surface area contributed by atoms with Crippen molar-refractivity contribution in [2.75, 3.05) is 11.5 Å². The van der Waals surface area contributed by atoms with Gasteiger partial charge in [-0.05, 0) is 22.0 Å². The fraction of sp³-hybridized carbons (Fsp3) is 0.375. The molecule has 0 aliphatic carbocycles. The zero-order chi connectivity index (χ0) is 10.3. The standard InChI is InChI=1S/C8H8BrNO3S/c9-6-1-2-8(11)10(3-6)7-4-14(12,13)5-7/h1-3,7H,4-5H2. The Hall–Kier alpha value is -0.620. The zero-order valence-corrected chi connectivity index (χ0v) is 9.58. The topological polar surface area (TPSA) is 56.1 Å². The van der Waals surface area contributed by atoms with E-state index in [-0.39, 0.29) is 23.1 Å². The molecule has 4 nitrogen and oxygen atoms in total. The zero-order valence-electron chi connectivity index (χ0n) is 7.18. The molecule has 0 bridgehead atoms. The van der Waals surface area contributed by atoms with Gasteiger partial charge in [0.05, 0.1) is 17.5 Å². The second-order valence-corrected chi connectivity index (χ2v) is 6.39. The molecule has 76 valence electrons. The molecule has 1 saturated heterocycles. The summed E-state index contributed by atoms with van der Waals surface area (Å²) in [6.07, 6.45) is 1.63. The summed E-state index contributed by atoms with van der Waals surface area (Å²) in [7, 11) is -2.88. The van der Waals surface area contributed by atoms with Gasteiger partial charge in [-0.2, -0.15) is 0 Å². The van der Waals surface area contributed by atoms with E-state index in [0.717, 1.165) is 4.47 Å². The number of hydrogen-bond acceptors (Lipinski definition) is 3. The first-order valence-corrected chi connectivity index (χ1v) is 6.67. The first-order valence-electron chi connectivity index (χ1n) is 4.06. The molecular weight excluding hydrogens is 270 g/mol. The van der Waals surface area contributed by atoms with Gasteiger partial charge in [-0.3, -0.25) is 4.79 Å². The average molecular weight is 278 g/mol. The van der Waals surface area contributed by atoms with Crippen LogP contribution < -0.4 is 5.56 Å². The van der Waals surface area contributed by atoms with E-state index in [1.807, 2.05) is 0 Å². The van der Waals surface area contributed by atoms with Crippen molar-refractivity contribution >= 4 is 25.8 Å². The molecule has 1 aromatic rings. The highest BCUT2D eigenvalue weighted by molar-refractivity contribution is 9.10. The SMILES string of the molecule is O=c1ccc(Br)cn1C1CS(=O)(=O)C1. The molecule has 1 aliphatic rings. The molecule has 14 heavy (non-hydrogen) atoms. The van der Waals surface area contributed by atoms with Gasteiger partial charge in [-0.25, -0.2) is 8.42 Å². The Bertz CT molecular complexity index is 508. The van der Waals surface area contributed by atoms with E-state index in [1.165, 1.54) is 10.6 Å². The molecule has 2 rings (SSSR count). The van der Waals surface area contributed by atoms with Crippen LogP contribution in [0.4, 0.5) is 0 Å². The fourth-order valence-electron chi connectivity index (χ4n) is 1.46. The molecule has 1 aromatic heterocycles. The minimum absolute atomic E-state index is 0.0728. The number of hydrogen-bond donors (Lipinski definition) is 0. The molecule has 0 N–H and O–H groups in total. The maximum atomic E-state index is 11.4. The summed E-state index contributed by atoms with van der Waals surface area (Å²) >= 11 is 3.24. The van der Waals surface area contributed by atoms with Gasteiger partial charge < -0.3 is 4.57 Å². The highest BCUT2D eigenvalue weighted by Gasteiger charge is 2.34. The predicted molar refractivity (Wildman–Crippen MR) is 56.1 cm³/mol. The summed E-state index contributed by atoms with van der Waals surface area (Å²) in [5, 5.41) is 0. The van der Waals surface area contributed by atoms with Crippen LogP contribution in [0.15, 0.2) is 27.6 Å². The van der Waals surface area contributed by atoms with E-state index in [2.05, 4.69) is 15.9 Å². The van der Waals surface area contributed by atoms with Gasteiger partial charge in [0.15, 0.2) is 9.84 Å². The third kappa shape index (κ3) is 1.76.